The summed E-state index contributed by atoms with van der Waals surface area (Å²) in [6, 6.07) is 0. The topological polar surface area (TPSA) is 45.7 Å². The van der Waals surface area contributed by atoms with Gasteiger partial charge in [0.15, 0.2) is 5.96 Å². The van der Waals surface area contributed by atoms with Crippen molar-refractivity contribution in [1.29, 1.82) is 0 Å². The summed E-state index contributed by atoms with van der Waals surface area (Å²) in [4.78, 5) is 4.60. The number of rotatable bonds is 9. The molecule has 0 aliphatic heterocycles. The Bertz CT molecular complexity index is 281. The van der Waals surface area contributed by atoms with Gasteiger partial charge in [-0.2, -0.15) is 11.8 Å². The van der Waals surface area contributed by atoms with Crippen LogP contribution in [0.3, 0.4) is 0 Å². The number of hydrogen-bond donors (Lipinski definition) is 2. The highest BCUT2D eigenvalue weighted by atomic mass is 32.2. The van der Waals surface area contributed by atoms with Crippen molar-refractivity contribution in [3.8, 4) is 0 Å². The quantitative estimate of drug-likeness (QED) is 0.390. The zero-order valence-corrected chi connectivity index (χ0v) is 14.8. The van der Waals surface area contributed by atoms with Gasteiger partial charge in [-0.15, -0.1) is 0 Å². The van der Waals surface area contributed by atoms with Gasteiger partial charge in [-0.25, -0.2) is 0 Å². The molecule has 1 saturated carbocycles. The van der Waals surface area contributed by atoms with Crippen molar-refractivity contribution in [1.82, 2.24) is 10.6 Å². The second kappa shape index (κ2) is 12.2. The highest BCUT2D eigenvalue weighted by Crippen LogP contribution is 2.20. The van der Waals surface area contributed by atoms with Crippen LogP contribution in [0.5, 0.6) is 0 Å². The fourth-order valence-corrected chi connectivity index (χ4v) is 2.62. The minimum atomic E-state index is 0.517. The molecule has 21 heavy (non-hydrogen) atoms. The van der Waals surface area contributed by atoms with Crippen molar-refractivity contribution >= 4 is 17.7 Å². The fraction of sp³-hybridized carbons (Fsp3) is 0.938. The molecule has 1 rings (SSSR count). The predicted molar refractivity (Wildman–Crippen MR) is 94.4 cm³/mol. The molecule has 0 bridgehead atoms. The number of hydrogen-bond acceptors (Lipinski definition) is 3. The highest BCUT2D eigenvalue weighted by molar-refractivity contribution is 7.99. The first-order valence-corrected chi connectivity index (χ1v) is 9.71. The van der Waals surface area contributed by atoms with Crippen LogP contribution >= 0.6 is 11.8 Å². The van der Waals surface area contributed by atoms with Crippen LogP contribution in [0, 0.1) is 0 Å². The second-order valence-electron chi connectivity index (χ2n) is 5.68. The smallest absolute Gasteiger partial charge is 0.191 e. The molecule has 0 radical (unpaired) electrons. The van der Waals surface area contributed by atoms with E-state index in [1.165, 1.54) is 32.1 Å². The molecule has 0 aromatic heterocycles. The Hall–Kier alpha value is -0.420. The number of ether oxygens (including phenoxy) is 1. The number of guanidine groups is 1. The Morgan fingerprint density at radius 2 is 2.05 bits per heavy atom. The fourth-order valence-electron chi connectivity index (χ4n) is 2.40. The van der Waals surface area contributed by atoms with Crippen LogP contribution < -0.4 is 10.6 Å². The monoisotopic (exact) mass is 315 g/mol. The third-order valence-corrected chi connectivity index (χ3v) is 4.73. The minimum Gasteiger partial charge on any atom is -0.378 e. The van der Waals surface area contributed by atoms with Crippen molar-refractivity contribution in [2.75, 3.05) is 32.5 Å². The molecule has 1 aliphatic carbocycles. The van der Waals surface area contributed by atoms with E-state index in [0.29, 0.717) is 11.4 Å². The maximum absolute atomic E-state index is 5.94. The van der Waals surface area contributed by atoms with Gasteiger partial charge in [0.1, 0.15) is 0 Å². The van der Waals surface area contributed by atoms with Crippen molar-refractivity contribution in [3.63, 3.8) is 0 Å². The first-order chi connectivity index (χ1) is 10.3. The van der Waals surface area contributed by atoms with Crippen molar-refractivity contribution in [3.05, 3.63) is 0 Å². The summed E-state index contributed by atoms with van der Waals surface area (Å²) in [5.74, 6) is 0.927. The van der Waals surface area contributed by atoms with E-state index in [-0.39, 0.29) is 0 Å². The Morgan fingerprint density at radius 1 is 1.29 bits per heavy atom. The largest absolute Gasteiger partial charge is 0.378 e. The minimum absolute atomic E-state index is 0.517. The van der Waals surface area contributed by atoms with Crippen LogP contribution in [0.25, 0.3) is 0 Å². The van der Waals surface area contributed by atoms with E-state index in [1.54, 1.807) is 0 Å². The molecule has 1 unspecified atom stereocenters. The lowest BCUT2D eigenvalue weighted by Crippen LogP contribution is -2.38. The SMILES string of the molecule is CCNC(=NCC(C)SC)NCCCOC1CCCCC1. The van der Waals surface area contributed by atoms with Gasteiger partial charge in [0.25, 0.3) is 0 Å². The summed E-state index contributed by atoms with van der Waals surface area (Å²) >= 11 is 1.85. The van der Waals surface area contributed by atoms with Crippen molar-refractivity contribution < 1.29 is 4.74 Å². The van der Waals surface area contributed by atoms with Crippen LogP contribution in [0.4, 0.5) is 0 Å². The summed E-state index contributed by atoms with van der Waals surface area (Å²) < 4.78 is 5.94. The van der Waals surface area contributed by atoms with E-state index in [2.05, 4.69) is 35.7 Å². The third kappa shape index (κ3) is 9.25. The Balaban J connectivity index is 2.11. The van der Waals surface area contributed by atoms with Gasteiger partial charge < -0.3 is 15.4 Å². The van der Waals surface area contributed by atoms with Gasteiger partial charge in [0, 0.05) is 24.9 Å². The third-order valence-electron chi connectivity index (χ3n) is 3.77. The molecule has 124 valence electrons. The van der Waals surface area contributed by atoms with Gasteiger partial charge in [-0.3, -0.25) is 4.99 Å². The van der Waals surface area contributed by atoms with Crippen LogP contribution in [-0.4, -0.2) is 49.8 Å². The highest BCUT2D eigenvalue weighted by Gasteiger charge is 2.12. The van der Waals surface area contributed by atoms with Crippen LogP contribution in [0.1, 0.15) is 52.4 Å². The zero-order valence-electron chi connectivity index (χ0n) is 14.0. The van der Waals surface area contributed by atoms with Gasteiger partial charge in [0.05, 0.1) is 12.6 Å². The van der Waals surface area contributed by atoms with Gasteiger partial charge >= 0.3 is 0 Å². The first kappa shape index (κ1) is 18.6. The van der Waals surface area contributed by atoms with E-state index in [4.69, 9.17) is 4.74 Å². The molecular weight excluding hydrogens is 282 g/mol. The van der Waals surface area contributed by atoms with Gasteiger partial charge in [-0.05, 0) is 32.4 Å². The Kier molecular flexibility index (Phi) is 10.8. The maximum Gasteiger partial charge on any atom is 0.191 e. The molecule has 4 nitrogen and oxygen atoms in total. The lowest BCUT2D eigenvalue weighted by atomic mass is 9.98. The molecule has 1 aliphatic rings. The van der Waals surface area contributed by atoms with Crippen molar-refractivity contribution in [2.24, 2.45) is 4.99 Å². The summed E-state index contributed by atoms with van der Waals surface area (Å²) in [5, 5.41) is 7.24. The maximum atomic E-state index is 5.94. The average Bonchev–Trinajstić information content (AvgIpc) is 2.52. The average molecular weight is 316 g/mol. The summed E-state index contributed by atoms with van der Waals surface area (Å²) in [5.41, 5.74) is 0. The zero-order chi connectivity index (χ0) is 15.3. The van der Waals surface area contributed by atoms with Gasteiger partial charge in [-0.1, -0.05) is 26.2 Å². The summed E-state index contributed by atoms with van der Waals surface area (Å²) in [6.45, 7) is 7.84. The second-order valence-corrected chi connectivity index (χ2v) is 6.95. The van der Waals surface area contributed by atoms with E-state index < -0.39 is 0 Å². The van der Waals surface area contributed by atoms with Crippen molar-refractivity contribution in [2.45, 2.75) is 63.7 Å². The summed E-state index contributed by atoms with van der Waals surface area (Å²) in [7, 11) is 0. The number of nitrogens with one attached hydrogen (secondary N) is 2. The number of aliphatic imine (C=N–C) groups is 1. The van der Waals surface area contributed by atoms with Crippen LogP contribution in [0.2, 0.25) is 0 Å². The lowest BCUT2D eigenvalue weighted by molar-refractivity contribution is 0.0277. The Morgan fingerprint density at radius 3 is 2.71 bits per heavy atom. The number of nitrogens with zero attached hydrogens (tertiary/aromatic N) is 1. The molecule has 1 atom stereocenters. The molecule has 5 heteroatoms. The van der Waals surface area contributed by atoms with E-state index >= 15 is 0 Å². The molecule has 0 amide bonds. The molecule has 0 aromatic carbocycles. The normalized spacial score (nSPS) is 18.5. The molecule has 2 N–H and O–H groups in total. The standard InChI is InChI=1S/C16H33N3OS/c1-4-17-16(19-13-14(2)21-3)18-11-8-12-20-15-9-6-5-7-10-15/h14-15H,4-13H2,1-3H3,(H2,17,18,19). The summed E-state index contributed by atoms with van der Waals surface area (Å²) in [6.07, 6.45) is 10.3. The van der Waals surface area contributed by atoms with Gasteiger partial charge in [0.2, 0.25) is 0 Å². The first-order valence-electron chi connectivity index (χ1n) is 8.42. The van der Waals surface area contributed by atoms with E-state index in [0.717, 1.165) is 38.6 Å². The lowest BCUT2D eigenvalue weighted by Gasteiger charge is -2.22. The van der Waals surface area contributed by atoms with Crippen LogP contribution in [0.15, 0.2) is 4.99 Å². The van der Waals surface area contributed by atoms with Crippen LogP contribution in [-0.2, 0) is 4.74 Å². The molecule has 0 aromatic rings. The molecule has 1 fully saturated rings. The molecule has 0 saturated heterocycles. The Labute approximate surface area is 134 Å². The molecule has 0 spiro atoms. The molecule has 0 heterocycles. The number of thioether (sulfide) groups is 1. The molecular formula is C16H33N3OS. The van der Waals surface area contributed by atoms with E-state index in [9.17, 15) is 0 Å². The predicted octanol–water partition coefficient (Wildman–Crippen LogP) is 3.03. The van der Waals surface area contributed by atoms with E-state index in [1.807, 2.05) is 11.8 Å².